The lowest BCUT2D eigenvalue weighted by Crippen LogP contribution is -2.13. The summed E-state index contributed by atoms with van der Waals surface area (Å²) in [7, 11) is -3.82. The van der Waals surface area contributed by atoms with E-state index in [0.29, 0.717) is 22.2 Å². The molecule has 112 valence electrons. The van der Waals surface area contributed by atoms with Crippen LogP contribution in [0.15, 0.2) is 28.0 Å². The number of H-pyrrole nitrogens is 1. The van der Waals surface area contributed by atoms with E-state index >= 15 is 0 Å². The molecule has 0 radical (unpaired) electrons. The van der Waals surface area contributed by atoms with E-state index in [-0.39, 0.29) is 9.49 Å². The third-order valence-corrected chi connectivity index (χ3v) is 6.04. The predicted octanol–water partition coefficient (Wildman–Crippen LogP) is 3.26. The molecule has 0 saturated carbocycles. The molecule has 2 aromatic heterocycles. The summed E-state index contributed by atoms with van der Waals surface area (Å²) in [6.45, 7) is 1.86. The van der Waals surface area contributed by atoms with Crippen molar-refractivity contribution in [2.45, 2.75) is 11.3 Å². The van der Waals surface area contributed by atoms with Gasteiger partial charge in [-0.1, -0.05) is 17.7 Å². The second kappa shape index (κ2) is 5.28. The van der Waals surface area contributed by atoms with E-state index in [1.165, 1.54) is 5.38 Å². The van der Waals surface area contributed by atoms with Gasteiger partial charge in [0.05, 0.1) is 16.8 Å². The first kappa shape index (κ1) is 14.8. The van der Waals surface area contributed by atoms with Gasteiger partial charge in [0.25, 0.3) is 10.0 Å². The largest absolute Gasteiger partial charge is 0.358 e. The van der Waals surface area contributed by atoms with Crippen molar-refractivity contribution in [2.75, 3.05) is 4.72 Å². The van der Waals surface area contributed by atoms with Crippen LogP contribution in [0.3, 0.4) is 0 Å². The first-order valence-corrected chi connectivity index (χ1v) is 8.81. The molecular weight excluding hydrogens is 344 g/mol. The van der Waals surface area contributed by atoms with Crippen LogP contribution in [-0.2, 0) is 10.0 Å². The molecule has 0 spiro atoms. The fourth-order valence-electron chi connectivity index (χ4n) is 2.14. The summed E-state index contributed by atoms with van der Waals surface area (Å²) in [6.07, 6.45) is 1.55. The molecule has 1 aromatic carbocycles. The van der Waals surface area contributed by atoms with E-state index in [0.717, 1.165) is 16.9 Å². The van der Waals surface area contributed by atoms with E-state index in [1.54, 1.807) is 18.3 Å². The summed E-state index contributed by atoms with van der Waals surface area (Å²) in [5.41, 5.74) is 2.26. The molecule has 22 heavy (non-hydrogen) atoms. The van der Waals surface area contributed by atoms with E-state index in [9.17, 15) is 8.42 Å². The average Bonchev–Trinajstić information content (AvgIpc) is 3.08. The van der Waals surface area contributed by atoms with E-state index in [1.807, 2.05) is 6.92 Å². The smallest absolute Gasteiger partial charge is 0.289 e. The van der Waals surface area contributed by atoms with Gasteiger partial charge in [-0.2, -0.15) is 13.7 Å². The summed E-state index contributed by atoms with van der Waals surface area (Å²) in [6, 6.07) is 5.47. The molecule has 2 heterocycles. The maximum atomic E-state index is 12.3. The van der Waals surface area contributed by atoms with E-state index in [4.69, 9.17) is 16.9 Å². The van der Waals surface area contributed by atoms with Crippen LogP contribution in [0.5, 0.6) is 0 Å². The lowest BCUT2D eigenvalue weighted by molar-refractivity contribution is 0.600. The van der Waals surface area contributed by atoms with Crippen LogP contribution >= 0.6 is 22.9 Å². The molecule has 0 aliphatic heterocycles. The van der Waals surface area contributed by atoms with Gasteiger partial charge in [-0.25, -0.2) is 4.98 Å². The number of sulfonamides is 1. The Morgan fingerprint density at radius 1 is 1.45 bits per heavy atom. The van der Waals surface area contributed by atoms with E-state index < -0.39 is 10.0 Å². The minimum atomic E-state index is -3.82. The number of hydrogen-bond acceptors (Lipinski definition) is 5. The number of nitrogens with one attached hydrogen (secondary N) is 2. The van der Waals surface area contributed by atoms with Gasteiger partial charge in [0.2, 0.25) is 4.34 Å². The van der Waals surface area contributed by atoms with Crippen molar-refractivity contribution >= 4 is 49.6 Å². The fraction of sp³-hybridized carbons (Fsp3) is 0.0769. The maximum absolute atomic E-state index is 12.3. The van der Waals surface area contributed by atoms with Gasteiger partial charge in [0.15, 0.2) is 0 Å². The van der Waals surface area contributed by atoms with Gasteiger partial charge in [-0.3, -0.25) is 4.72 Å². The van der Waals surface area contributed by atoms with Gasteiger partial charge in [-0.05, 0) is 18.6 Å². The van der Waals surface area contributed by atoms with Gasteiger partial charge in [0.1, 0.15) is 11.2 Å². The Morgan fingerprint density at radius 2 is 2.23 bits per heavy atom. The third-order valence-electron chi connectivity index (χ3n) is 3.09. The Labute approximate surface area is 135 Å². The number of hydrogen-bond donors (Lipinski definition) is 2. The number of rotatable bonds is 3. The number of aryl methyl sites for hydroxylation is 1. The fourth-order valence-corrected chi connectivity index (χ4v) is 4.41. The number of thiazole rings is 1. The van der Waals surface area contributed by atoms with Gasteiger partial charge >= 0.3 is 0 Å². The molecule has 0 aliphatic rings. The molecule has 0 saturated heterocycles. The van der Waals surface area contributed by atoms with Gasteiger partial charge in [-0.15, -0.1) is 11.3 Å². The molecule has 0 atom stereocenters. The highest BCUT2D eigenvalue weighted by atomic mass is 35.5. The zero-order valence-corrected chi connectivity index (χ0v) is 13.6. The van der Waals surface area contributed by atoms with Crippen molar-refractivity contribution < 1.29 is 8.42 Å². The Bertz CT molecular complexity index is 1010. The second-order valence-corrected chi connectivity index (χ2v) is 7.64. The number of aromatic nitrogens is 2. The number of halogens is 1. The number of benzene rings is 1. The highest BCUT2D eigenvalue weighted by Crippen LogP contribution is 2.30. The summed E-state index contributed by atoms with van der Waals surface area (Å²) >= 11 is 6.61. The number of nitriles is 1. The molecule has 2 N–H and O–H groups in total. The molecule has 3 aromatic rings. The number of fused-ring (bicyclic) bond motifs is 1. The molecule has 6 nitrogen and oxygen atoms in total. The number of anilines is 1. The second-order valence-electron chi connectivity index (χ2n) is 4.54. The highest BCUT2D eigenvalue weighted by Gasteiger charge is 2.21. The zero-order chi connectivity index (χ0) is 15.9. The van der Waals surface area contributed by atoms with Crippen LogP contribution < -0.4 is 4.72 Å². The topological polar surface area (TPSA) is 98.6 Å². The van der Waals surface area contributed by atoms with Crippen LogP contribution in [0.1, 0.15) is 11.1 Å². The summed E-state index contributed by atoms with van der Waals surface area (Å²) < 4.78 is 27.0. The normalized spacial score (nSPS) is 11.5. The predicted molar refractivity (Wildman–Crippen MR) is 85.7 cm³/mol. The van der Waals surface area contributed by atoms with Crippen molar-refractivity contribution in [3.05, 3.63) is 40.0 Å². The average molecular weight is 353 g/mol. The van der Waals surface area contributed by atoms with Gasteiger partial charge < -0.3 is 4.98 Å². The third kappa shape index (κ3) is 2.43. The molecular formula is C13H9ClN4O2S2. The lowest BCUT2D eigenvalue weighted by atomic mass is 10.1. The van der Waals surface area contributed by atoms with E-state index in [2.05, 4.69) is 20.8 Å². The summed E-state index contributed by atoms with van der Waals surface area (Å²) in [5, 5.41) is 11.4. The molecule has 0 aliphatic carbocycles. The lowest BCUT2D eigenvalue weighted by Gasteiger charge is -2.08. The molecule has 3 rings (SSSR count). The first-order chi connectivity index (χ1) is 10.4. The van der Waals surface area contributed by atoms with Crippen LogP contribution in [0.2, 0.25) is 5.15 Å². The summed E-state index contributed by atoms with van der Waals surface area (Å²) in [5.74, 6) is 0. The molecule has 0 unspecified atom stereocenters. The Morgan fingerprint density at radius 3 is 2.86 bits per heavy atom. The van der Waals surface area contributed by atoms with Crippen molar-refractivity contribution in [2.24, 2.45) is 0 Å². The minimum Gasteiger partial charge on any atom is -0.358 e. The Hall–Kier alpha value is -2.08. The van der Waals surface area contributed by atoms with Crippen molar-refractivity contribution in [1.82, 2.24) is 9.97 Å². The zero-order valence-electron chi connectivity index (χ0n) is 11.2. The van der Waals surface area contributed by atoms with Gasteiger partial charge in [0, 0.05) is 17.0 Å². The Kier molecular flexibility index (Phi) is 3.56. The van der Waals surface area contributed by atoms with Crippen LogP contribution in [-0.4, -0.2) is 18.4 Å². The molecule has 0 amide bonds. The molecule has 0 bridgehead atoms. The van der Waals surface area contributed by atoms with Crippen LogP contribution in [0, 0.1) is 18.3 Å². The summed E-state index contributed by atoms with van der Waals surface area (Å²) in [4.78, 5) is 6.70. The maximum Gasteiger partial charge on any atom is 0.289 e. The minimum absolute atomic E-state index is 0.113. The van der Waals surface area contributed by atoms with Crippen molar-refractivity contribution in [1.29, 1.82) is 5.26 Å². The van der Waals surface area contributed by atoms with Crippen molar-refractivity contribution in [3.8, 4) is 6.07 Å². The first-order valence-electron chi connectivity index (χ1n) is 6.07. The quantitative estimate of drug-likeness (QED) is 0.755. The SMILES string of the molecule is Cc1ccc(NS(=O)(=O)c2nc(Cl)cs2)c2[nH]cc(C#N)c12. The Balaban J connectivity index is 2.11. The monoisotopic (exact) mass is 352 g/mol. The van der Waals surface area contributed by atoms with Crippen LogP contribution in [0.25, 0.3) is 10.9 Å². The standard InChI is InChI=1S/C13H9ClN4O2S2/c1-7-2-3-9(12-11(7)8(4-15)5-16-12)18-22(19,20)13-17-10(14)6-21-13/h2-3,5-6,16,18H,1H3. The molecule has 0 fully saturated rings. The van der Waals surface area contributed by atoms with Crippen molar-refractivity contribution in [3.63, 3.8) is 0 Å². The van der Waals surface area contributed by atoms with Crippen LogP contribution in [0.4, 0.5) is 5.69 Å². The number of aromatic amines is 1. The molecule has 9 heteroatoms. The number of nitrogens with zero attached hydrogens (tertiary/aromatic N) is 2. The highest BCUT2D eigenvalue weighted by molar-refractivity contribution is 7.94.